The molecule has 94 valence electrons. The molecule has 0 unspecified atom stereocenters. The summed E-state index contributed by atoms with van der Waals surface area (Å²) in [5.74, 6) is 0.767. The molecule has 18 heavy (non-hydrogen) atoms. The lowest BCUT2D eigenvalue weighted by molar-refractivity contribution is 0.505. The maximum absolute atomic E-state index is 11.7. The third kappa shape index (κ3) is 1.59. The summed E-state index contributed by atoms with van der Waals surface area (Å²) in [6.45, 7) is 0. The molecule has 0 saturated heterocycles. The number of aromatic nitrogens is 2. The lowest BCUT2D eigenvalue weighted by Crippen LogP contribution is -2.15. The first-order valence-corrected chi connectivity index (χ1v) is 7.29. The van der Waals surface area contributed by atoms with Gasteiger partial charge in [-0.1, -0.05) is 0 Å². The number of rotatable bonds is 1. The Morgan fingerprint density at radius 3 is 2.83 bits per heavy atom. The first kappa shape index (κ1) is 11.2. The molecule has 0 fully saturated rings. The van der Waals surface area contributed by atoms with Crippen molar-refractivity contribution in [2.24, 2.45) is 0 Å². The van der Waals surface area contributed by atoms with Crippen molar-refractivity contribution in [3.8, 4) is 11.3 Å². The van der Waals surface area contributed by atoms with Crippen molar-refractivity contribution < 1.29 is 12.8 Å². The van der Waals surface area contributed by atoms with Gasteiger partial charge in [0, 0.05) is 23.8 Å². The second-order valence-corrected chi connectivity index (χ2v) is 6.17. The van der Waals surface area contributed by atoms with Crippen LogP contribution < -0.4 is 5.73 Å². The van der Waals surface area contributed by atoms with Crippen molar-refractivity contribution in [2.75, 3.05) is 12.0 Å². The van der Waals surface area contributed by atoms with Gasteiger partial charge in [0.1, 0.15) is 5.76 Å². The third-order valence-electron chi connectivity index (χ3n) is 2.94. The predicted octanol–water partition coefficient (Wildman–Crippen LogP) is 0.821. The molecule has 2 aromatic rings. The summed E-state index contributed by atoms with van der Waals surface area (Å²) < 4.78 is 28.8. The predicted molar refractivity (Wildman–Crippen MR) is 64.7 cm³/mol. The molecule has 0 radical (unpaired) electrons. The monoisotopic (exact) mass is 265 g/mol. The van der Waals surface area contributed by atoms with Crippen LogP contribution in [-0.2, 0) is 22.7 Å². The van der Waals surface area contributed by atoms with Gasteiger partial charge in [0.05, 0.1) is 12.0 Å². The van der Waals surface area contributed by atoms with E-state index in [1.807, 2.05) is 0 Å². The lowest BCUT2D eigenvalue weighted by Gasteiger charge is -2.16. The minimum Gasteiger partial charge on any atom is -0.469 e. The molecule has 2 aromatic heterocycles. The molecule has 1 aliphatic rings. The molecule has 6 nitrogen and oxygen atoms in total. The summed E-state index contributed by atoms with van der Waals surface area (Å²) in [5, 5.41) is 0.0249. The SMILES string of the molecule is CS(=O)(=O)c1nc(N)nc2c1CCc1occc1-2. The van der Waals surface area contributed by atoms with E-state index in [-0.39, 0.29) is 11.0 Å². The minimum atomic E-state index is -3.41. The first-order chi connectivity index (χ1) is 8.47. The fraction of sp³-hybridized carbons (Fsp3) is 0.273. The van der Waals surface area contributed by atoms with Crippen LogP contribution in [0.3, 0.4) is 0 Å². The third-order valence-corrected chi connectivity index (χ3v) is 3.98. The Bertz CT molecular complexity index is 734. The summed E-state index contributed by atoms with van der Waals surface area (Å²) in [7, 11) is -3.41. The number of nitrogens with zero attached hydrogens (tertiary/aromatic N) is 2. The summed E-state index contributed by atoms with van der Waals surface area (Å²) >= 11 is 0. The Kier molecular flexibility index (Phi) is 2.21. The molecule has 0 saturated carbocycles. The summed E-state index contributed by atoms with van der Waals surface area (Å²) in [6.07, 6.45) is 3.88. The highest BCUT2D eigenvalue weighted by atomic mass is 32.2. The second-order valence-electron chi connectivity index (χ2n) is 4.24. The van der Waals surface area contributed by atoms with Crippen LogP contribution in [0.15, 0.2) is 21.8 Å². The average molecular weight is 265 g/mol. The fourth-order valence-corrected chi connectivity index (χ4v) is 3.12. The van der Waals surface area contributed by atoms with Crippen molar-refractivity contribution in [1.29, 1.82) is 0 Å². The van der Waals surface area contributed by atoms with Gasteiger partial charge in [-0.15, -0.1) is 0 Å². The largest absolute Gasteiger partial charge is 0.469 e. The average Bonchev–Trinajstić information content (AvgIpc) is 2.74. The number of furan rings is 1. The van der Waals surface area contributed by atoms with E-state index >= 15 is 0 Å². The zero-order chi connectivity index (χ0) is 12.9. The molecule has 3 rings (SSSR count). The first-order valence-electron chi connectivity index (χ1n) is 5.40. The second kappa shape index (κ2) is 3.55. The van der Waals surface area contributed by atoms with E-state index in [0.29, 0.717) is 24.1 Å². The number of hydrogen-bond donors (Lipinski definition) is 1. The maximum atomic E-state index is 11.7. The van der Waals surface area contributed by atoms with Gasteiger partial charge >= 0.3 is 0 Å². The van der Waals surface area contributed by atoms with Gasteiger partial charge in [-0.25, -0.2) is 18.4 Å². The molecule has 0 amide bonds. The van der Waals surface area contributed by atoms with E-state index in [1.165, 1.54) is 0 Å². The lowest BCUT2D eigenvalue weighted by atomic mass is 9.96. The highest BCUT2D eigenvalue weighted by Gasteiger charge is 2.27. The van der Waals surface area contributed by atoms with E-state index in [2.05, 4.69) is 9.97 Å². The van der Waals surface area contributed by atoms with Crippen molar-refractivity contribution in [3.05, 3.63) is 23.7 Å². The van der Waals surface area contributed by atoms with Gasteiger partial charge in [-0.2, -0.15) is 0 Å². The van der Waals surface area contributed by atoms with Gasteiger partial charge in [-0.05, 0) is 12.5 Å². The van der Waals surface area contributed by atoms with Crippen LogP contribution in [0.4, 0.5) is 5.95 Å². The van der Waals surface area contributed by atoms with E-state index in [9.17, 15) is 8.42 Å². The number of fused-ring (bicyclic) bond motifs is 3. The highest BCUT2D eigenvalue weighted by molar-refractivity contribution is 7.90. The molecule has 0 bridgehead atoms. The molecule has 1 aliphatic carbocycles. The summed E-state index contributed by atoms with van der Waals surface area (Å²) in [6, 6.07) is 1.77. The standard InChI is InChI=1S/C11H11N3O3S/c1-18(15,16)10-7-2-3-8-6(4-5-17-8)9(7)13-11(12)14-10/h4-5H,2-3H2,1H3,(H2,12,13,14). The van der Waals surface area contributed by atoms with Crippen LogP contribution >= 0.6 is 0 Å². The normalized spacial score (nSPS) is 14.1. The van der Waals surface area contributed by atoms with Crippen LogP contribution in [0.2, 0.25) is 0 Å². The van der Waals surface area contributed by atoms with Crippen LogP contribution in [0, 0.1) is 0 Å². The van der Waals surface area contributed by atoms with Crippen LogP contribution in [0.1, 0.15) is 11.3 Å². The number of hydrogen-bond acceptors (Lipinski definition) is 6. The van der Waals surface area contributed by atoms with E-state index in [1.54, 1.807) is 12.3 Å². The number of aryl methyl sites for hydroxylation is 1. The van der Waals surface area contributed by atoms with Crippen molar-refractivity contribution >= 4 is 15.8 Å². The van der Waals surface area contributed by atoms with E-state index < -0.39 is 9.84 Å². The van der Waals surface area contributed by atoms with Gasteiger partial charge in [-0.3, -0.25) is 0 Å². The zero-order valence-electron chi connectivity index (χ0n) is 9.67. The smallest absolute Gasteiger partial charge is 0.221 e. The van der Waals surface area contributed by atoms with Crippen molar-refractivity contribution in [2.45, 2.75) is 17.9 Å². The topological polar surface area (TPSA) is 99.1 Å². The van der Waals surface area contributed by atoms with E-state index in [4.69, 9.17) is 10.2 Å². The minimum absolute atomic E-state index is 0.0249. The molecule has 0 aromatic carbocycles. The van der Waals surface area contributed by atoms with Gasteiger partial charge in [0.25, 0.3) is 0 Å². The van der Waals surface area contributed by atoms with Crippen LogP contribution in [0.25, 0.3) is 11.3 Å². The Morgan fingerprint density at radius 2 is 2.11 bits per heavy atom. The number of nitrogen functional groups attached to an aromatic ring is 1. The van der Waals surface area contributed by atoms with Crippen molar-refractivity contribution in [1.82, 2.24) is 9.97 Å². The highest BCUT2D eigenvalue weighted by Crippen LogP contribution is 2.35. The molecule has 0 atom stereocenters. The maximum Gasteiger partial charge on any atom is 0.221 e. The van der Waals surface area contributed by atoms with Crippen LogP contribution in [-0.4, -0.2) is 24.6 Å². The number of nitrogens with two attached hydrogens (primary N) is 1. The van der Waals surface area contributed by atoms with Crippen molar-refractivity contribution in [3.63, 3.8) is 0 Å². The Morgan fingerprint density at radius 1 is 1.33 bits per heavy atom. The quantitative estimate of drug-likeness (QED) is 0.766. The fourth-order valence-electron chi connectivity index (χ4n) is 2.22. The molecular formula is C11H11N3O3S. The molecule has 7 heteroatoms. The van der Waals surface area contributed by atoms with Gasteiger partial charge in [0.2, 0.25) is 5.95 Å². The summed E-state index contributed by atoms with van der Waals surface area (Å²) in [4.78, 5) is 8.01. The number of anilines is 1. The Hall–Kier alpha value is -1.89. The molecule has 0 aliphatic heterocycles. The zero-order valence-corrected chi connectivity index (χ0v) is 10.5. The van der Waals surface area contributed by atoms with E-state index in [0.717, 1.165) is 17.6 Å². The Labute approximate surface area is 104 Å². The Balaban J connectivity index is 2.36. The molecule has 2 N–H and O–H groups in total. The van der Waals surface area contributed by atoms with Crippen LogP contribution in [0.5, 0.6) is 0 Å². The molecule has 0 spiro atoms. The van der Waals surface area contributed by atoms with Gasteiger partial charge in [0.15, 0.2) is 14.9 Å². The van der Waals surface area contributed by atoms with Gasteiger partial charge < -0.3 is 10.2 Å². The summed E-state index contributed by atoms with van der Waals surface area (Å²) in [5.41, 5.74) is 7.58. The molecule has 2 heterocycles. The molecular weight excluding hydrogens is 254 g/mol. The number of sulfone groups is 1.